The highest BCUT2D eigenvalue weighted by atomic mass is 16.6. The first kappa shape index (κ1) is 54.7. The number of carbonyl (C=O) groups is 7. The van der Waals surface area contributed by atoms with Gasteiger partial charge in [0.2, 0.25) is 6.10 Å². The van der Waals surface area contributed by atoms with E-state index in [0.717, 1.165) is 13.8 Å². The summed E-state index contributed by atoms with van der Waals surface area (Å²) in [7, 11) is 0. The third kappa shape index (κ3) is 9.92. The number of benzene rings is 4. The molecule has 2 unspecified atom stereocenters. The van der Waals surface area contributed by atoms with Gasteiger partial charge >= 0.3 is 29.8 Å². The van der Waals surface area contributed by atoms with E-state index in [2.05, 4.69) is 15.8 Å². The van der Waals surface area contributed by atoms with Gasteiger partial charge in [-0.15, -0.1) is 0 Å². The van der Waals surface area contributed by atoms with Crippen molar-refractivity contribution >= 4 is 47.2 Å². The Morgan fingerprint density at radius 1 is 0.763 bits per heavy atom. The minimum Gasteiger partial charge on any atom is -0.455 e. The highest BCUT2D eigenvalue weighted by Crippen LogP contribution is 2.64. The van der Waals surface area contributed by atoms with Crippen LogP contribution in [-0.4, -0.2) is 118 Å². The number of ether oxygens (including phenoxy) is 6. The van der Waals surface area contributed by atoms with Crippen molar-refractivity contribution in [2.24, 2.45) is 21.8 Å². The van der Waals surface area contributed by atoms with Crippen LogP contribution in [0.3, 0.4) is 0 Å². The third-order valence-corrected chi connectivity index (χ3v) is 15.6. The smallest absolute Gasteiger partial charge is 0.350 e. The number of Topliss-reactive ketones (excluding diaryl/α,β-unsaturated/α-hetero) is 1. The molecule has 4 aromatic carbocycles. The Morgan fingerprint density at radius 2 is 1.34 bits per heavy atom. The highest BCUT2D eigenvalue weighted by Gasteiger charge is 2.78. The standard InChI is InChI=1S/C58H63N3O15/c1-9-59-61-33(3)36-25-27-40(28-26-36)52(67)74-47(45(37-19-13-10-14-20-37)60-51(66)38-21-15-11-16-22-38)54(69)73-41-30-58(70)50(75-53(68)39-23-17-12-18-24-39)48-56(8,42(64)29-43-57(48,31-71-43)76-35(5)63)49(65)46(72-34(4)62)44(32(41)2)55(58,6)7/h10-28,41-43,45-48,50,59,64,70H,9,29-31H2,1-8H3,(H,60,66)/b61-33+/t41-,42-,43?,45-,46+,47+,48?,50-,56+,57-,58+/m1/s1. The molecule has 18 heteroatoms. The Hall–Kier alpha value is -7.54. The molecule has 400 valence electrons. The minimum absolute atomic E-state index is 0.0248. The summed E-state index contributed by atoms with van der Waals surface area (Å²) in [6, 6.07) is 29.1. The molecule has 1 amide bonds. The van der Waals surface area contributed by atoms with Crippen molar-refractivity contribution in [3.05, 3.63) is 154 Å². The molecular weight excluding hydrogens is 979 g/mol. The molecule has 4 aromatic rings. The molecule has 1 aliphatic heterocycles. The Labute approximate surface area is 440 Å². The molecule has 76 heavy (non-hydrogen) atoms. The lowest BCUT2D eigenvalue weighted by atomic mass is 9.44. The maximum Gasteiger partial charge on any atom is 0.350 e. The average molecular weight is 1040 g/mol. The lowest BCUT2D eigenvalue weighted by Gasteiger charge is -2.67. The van der Waals surface area contributed by atoms with Gasteiger partial charge in [0, 0.05) is 44.2 Å². The Kier molecular flexibility index (Phi) is 15.5. The van der Waals surface area contributed by atoms with Crippen molar-refractivity contribution in [3.63, 3.8) is 0 Å². The molecule has 8 rings (SSSR count). The topological polar surface area (TPSA) is 252 Å². The number of amides is 1. The quantitative estimate of drug-likeness (QED) is 0.0354. The summed E-state index contributed by atoms with van der Waals surface area (Å²) < 4.78 is 37.2. The Balaban J connectivity index is 1.30. The number of fused-ring (bicyclic) bond motifs is 5. The van der Waals surface area contributed by atoms with Gasteiger partial charge in [0.05, 0.1) is 40.9 Å². The molecule has 0 aromatic heterocycles. The monoisotopic (exact) mass is 1040 g/mol. The molecule has 3 fully saturated rings. The maximum absolute atomic E-state index is 15.8. The van der Waals surface area contributed by atoms with Gasteiger partial charge in [0.15, 0.2) is 17.5 Å². The van der Waals surface area contributed by atoms with Crippen LogP contribution in [0, 0.1) is 16.7 Å². The molecule has 1 heterocycles. The molecule has 0 radical (unpaired) electrons. The van der Waals surface area contributed by atoms with Gasteiger partial charge in [-0.2, -0.15) is 5.10 Å². The molecule has 0 spiro atoms. The van der Waals surface area contributed by atoms with Crippen LogP contribution in [-0.2, 0) is 47.6 Å². The fourth-order valence-electron chi connectivity index (χ4n) is 11.6. The Bertz CT molecular complexity index is 2950. The van der Waals surface area contributed by atoms with E-state index in [1.165, 1.54) is 38.1 Å². The number of nitrogens with zero attached hydrogens (tertiary/aromatic N) is 1. The molecule has 11 atom stereocenters. The van der Waals surface area contributed by atoms with Crippen molar-refractivity contribution < 1.29 is 72.2 Å². The Morgan fingerprint density at radius 3 is 1.91 bits per heavy atom. The van der Waals surface area contributed by atoms with Crippen LogP contribution in [0.4, 0.5) is 0 Å². The maximum atomic E-state index is 15.8. The molecular formula is C58H63N3O15. The van der Waals surface area contributed by atoms with E-state index in [-0.39, 0.29) is 40.9 Å². The zero-order valence-electron chi connectivity index (χ0n) is 43.6. The number of rotatable bonds is 15. The molecule has 18 nitrogen and oxygen atoms in total. The third-order valence-electron chi connectivity index (χ3n) is 15.6. The van der Waals surface area contributed by atoms with Crippen LogP contribution in [0.5, 0.6) is 0 Å². The zero-order chi connectivity index (χ0) is 54.9. The number of hydrogen-bond acceptors (Lipinski definition) is 17. The lowest BCUT2D eigenvalue weighted by molar-refractivity contribution is -0.346. The van der Waals surface area contributed by atoms with Crippen molar-refractivity contribution in [3.8, 4) is 0 Å². The zero-order valence-corrected chi connectivity index (χ0v) is 43.6. The van der Waals surface area contributed by atoms with Crippen molar-refractivity contribution in [1.29, 1.82) is 0 Å². The van der Waals surface area contributed by atoms with E-state index in [4.69, 9.17) is 28.4 Å². The van der Waals surface area contributed by atoms with Crippen LogP contribution in [0.25, 0.3) is 0 Å². The number of ketones is 1. The summed E-state index contributed by atoms with van der Waals surface area (Å²) in [5.74, 6) is -8.03. The molecule has 2 bridgehead atoms. The van der Waals surface area contributed by atoms with E-state index in [1.807, 2.05) is 6.92 Å². The first-order valence-electron chi connectivity index (χ1n) is 25.2. The van der Waals surface area contributed by atoms with Crippen molar-refractivity contribution in [2.45, 2.75) is 122 Å². The van der Waals surface area contributed by atoms with E-state index >= 15 is 9.59 Å². The fraction of sp³-hybridized carbons (Fsp3) is 0.414. The number of nitrogens with one attached hydrogen (secondary N) is 2. The van der Waals surface area contributed by atoms with E-state index in [9.17, 15) is 34.2 Å². The largest absolute Gasteiger partial charge is 0.455 e. The van der Waals surface area contributed by atoms with Crippen LogP contribution in [0.15, 0.2) is 132 Å². The van der Waals surface area contributed by atoms with Crippen LogP contribution >= 0.6 is 0 Å². The number of hydrogen-bond donors (Lipinski definition) is 4. The second-order valence-corrected chi connectivity index (χ2v) is 20.5. The highest BCUT2D eigenvalue weighted by molar-refractivity contribution is 6.00. The van der Waals surface area contributed by atoms with Gasteiger partial charge in [-0.25, -0.2) is 14.4 Å². The first-order chi connectivity index (χ1) is 36.1. The van der Waals surface area contributed by atoms with Gasteiger partial charge in [0.25, 0.3) is 5.91 Å². The average Bonchev–Trinajstić information content (AvgIpc) is 3.60. The summed E-state index contributed by atoms with van der Waals surface area (Å²) in [6.07, 6.45) is -10.9. The molecule has 1 saturated heterocycles. The van der Waals surface area contributed by atoms with Crippen molar-refractivity contribution in [1.82, 2.24) is 10.7 Å². The van der Waals surface area contributed by atoms with Crippen LogP contribution in [0.2, 0.25) is 0 Å². The van der Waals surface area contributed by atoms with Gasteiger partial charge in [0.1, 0.15) is 30.0 Å². The second kappa shape index (κ2) is 21.6. The van der Waals surface area contributed by atoms with Gasteiger partial charge in [-0.1, -0.05) is 92.7 Å². The first-order valence-corrected chi connectivity index (χ1v) is 25.2. The summed E-state index contributed by atoms with van der Waals surface area (Å²) in [4.78, 5) is 101. The predicted molar refractivity (Wildman–Crippen MR) is 273 cm³/mol. The summed E-state index contributed by atoms with van der Waals surface area (Å²) >= 11 is 0. The van der Waals surface area contributed by atoms with Crippen LogP contribution in [0.1, 0.15) is 116 Å². The molecule has 2 saturated carbocycles. The number of carbonyl (C=O) groups excluding carboxylic acids is 7. The number of hydrazone groups is 1. The summed E-state index contributed by atoms with van der Waals surface area (Å²) in [5, 5.41) is 33.5. The molecule has 4 aliphatic rings. The predicted octanol–water partition coefficient (Wildman–Crippen LogP) is 5.93. The van der Waals surface area contributed by atoms with Gasteiger partial charge in [-0.05, 0) is 86.4 Å². The van der Waals surface area contributed by atoms with Crippen LogP contribution < -0.4 is 10.7 Å². The van der Waals surface area contributed by atoms with Crippen molar-refractivity contribution in [2.75, 3.05) is 13.2 Å². The van der Waals surface area contributed by atoms with Gasteiger partial charge in [-0.3, -0.25) is 19.2 Å². The SMILES string of the molecule is CCN/N=C(\C)c1ccc(C(=O)O[C@H](C(=O)O[C@@H]2C[C@]3(O)[C@H](OC(=O)c4ccccc4)C4[C@@]5(OC(C)=O)COC5C[C@@H](O)[C@]4(C)C(=O)[C@@H](OC(C)=O)C(=C2C)C3(C)C)[C@H](NC(=O)c2ccccc2)c2ccccc2)cc1. The van der Waals surface area contributed by atoms with E-state index in [0.29, 0.717) is 23.4 Å². The fourth-order valence-corrected chi connectivity index (χ4v) is 11.6. The molecule has 3 aliphatic carbocycles. The normalized spacial score (nSPS) is 28.2. The lowest BCUT2D eigenvalue weighted by Crippen LogP contribution is -2.82. The summed E-state index contributed by atoms with van der Waals surface area (Å²) in [6.45, 7) is 12.2. The minimum atomic E-state index is -2.48. The van der Waals surface area contributed by atoms with E-state index < -0.39 is 119 Å². The summed E-state index contributed by atoms with van der Waals surface area (Å²) in [5.41, 5.74) is -3.24. The molecule has 4 N–H and O–H groups in total. The number of aliphatic hydroxyl groups excluding tert-OH is 1. The second-order valence-electron chi connectivity index (χ2n) is 20.5. The number of esters is 5. The van der Waals surface area contributed by atoms with E-state index in [1.54, 1.807) is 112 Å². The van der Waals surface area contributed by atoms with Gasteiger partial charge < -0.3 is 49.4 Å². The number of aliphatic hydroxyl groups is 2.